The molecule has 0 aromatic heterocycles. The van der Waals surface area contributed by atoms with E-state index in [0.717, 1.165) is 0 Å². The Bertz CT molecular complexity index is 386. The van der Waals surface area contributed by atoms with Gasteiger partial charge in [0.05, 0.1) is 31.9 Å². The molecular weight excluding hydrogens is 262 g/mol. The smallest absolute Gasteiger partial charge is 0.407 e. The van der Waals surface area contributed by atoms with Crippen LogP contribution in [-0.2, 0) is 14.3 Å². The molecule has 1 rings (SSSR count). The van der Waals surface area contributed by atoms with Crippen LogP contribution in [0, 0.1) is 5.41 Å². The van der Waals surface area contributed by atoms with Crippen molar-refractivity contribution in [3.63, 3.8) is 0 Å². The lowest BCUT2D eigenvalue weighted by molar-refractivity contribution is -0.137. The Morgan fingerprint density at radius 2 is 2.10 bits per heavy atom. The van der Waals surface area contributed by atoms with Gasteiger partial charge in [0.1, 0.15) is 0 Å². The molecule has 0 radical (unpaired) electrons. The number of carbonyl (C=O) groups excluding carboxylic acids is 1. The van der Waals surface area contributed by atoms with Gasteiger partial charge in [0, 0.05) is 6.08 Å². The molecule has 0 spiro atoms. The average Bonchev–Trinajstić information content (AvgIpc) is 2.35. The fraction of sp³-hybridized carbons (Fsp3) is 0.714. The summed E-state index contributed by atoms with van der Waals surface area (Å²) in [5.74, 6) is -0.448. The van der Waals surface area contributed by atoms with Crippen LogP contribution < -0.4 is 0 Å². The number of morpholine rings is 1. The minimum Gasteiger partial charge on any atom is -0.465 e. The summed E-state index contributed by atoms with van der Waals surface area (Å²) in [5.41, 5.74) is -0.200. The number of hydrogen-bond acceptors (Lipinski definition) is 4. The molecule has 114 valence electrons. The van der Waals surface area contributed by atoms with Gasteiger partial charge in [-0.05, 0) is 18.4 Å². The van der Waals surface area contributed by atoms with Gasteiger partial charge in [0.15, 0.2) is 0 Å². The summed E-state index contributed by atoms with van der Waals surface area (Å²) in [5, 5.41) is 9.31. The normalized spacial score (nSPS) is 23.9. The van der Waals surface area contributed by atoms with Gasteiger partial charge < -0.3 is 14.6 Å². The lowest BCUT2D eigenvalue weighted by atomic mass is 9.85. The van der Waals surface area contributed by atoms with Crippen molar-refractivity contribution in [3.8, 4) is 0 Å². The molecule has 1 N–H and O–H groups in total. The maximum absolute atomic E-state index is 11.4. The Balaban J connectivity index is 2.70. The van der Waals surface area contributed by atoms with Gasteiger partial charge >= 0.3 is 12.1 Å². The van der Waals surface area contributed by atoms with E-state index in [4.69, 9.17) is 9.47 Å². The number of nitrogens with zero attached hydrogens (tertiary/aromatic N) is 1. The summed E-state index contributed by atoms with van der Waals surface area (Å²) in [6.45, 7) is 8.50. The number of rotatable bonds is 3. The zero-order chi connectivity index (χ0) is 15.3. The Hall–Kier alpha value is -1.56. The van der Waals surface area contributed by atoms with Crippen molar-refractivity contribution in [2.24, 2.45) is 5.41 Å². The number of esters is 1. The molecule has 20 heavy (non-hydrogen) atoms. The molecule has 0 aliphatic carbocycles. The van der Waals surface area contributed by atoms with Gasteiger partial charge in [0.2, 0.25) is 0 Å². The average molecular weight is 285 g/mol. The van der Waals surface area contributed by atoms with Gasteiger partial charge in [0.25, 0.3) is 0 Å². The van der Waals surface area contributed by atoms with Crippen molar-refractivity contribution in [2.45, 2.75) is 39.8 Å². The molecule has 6 nitrogen and oxygen atoms in total. The molecule has 2 atom stereocenters. The van der Waals surface area contributed by atoms with Gasteiger partial charge in [-0.2, -0.15) is 0 Å². The van der Waals surface area contributed by atoms with E-state index in [9.17, 15) is 14.7 Å². The lowest BCUT2D eigenvalue weighted by Gasteiger charge is -2.43. The minimum atomic E-state index is -0.970. The van der Waals surface area contributed by atoms with Gasteiger partial charge in [-0.1, -0.05) is 20.8 Å². The van der Waals surface area contributed by atoms with E-state index in [0.29, 0.717) is 13.2 Å². The van der Waals surface area contributed by atoms with Crippen LogP contribution >= 0.6 is 0 Å². The van der Waals surface area contributed by atoms with Crippen LogP contribution in [0.25, 0.3) is 0 Å². The van der Waals surface area contributed by atoms with Crippen LogP contribution in [0.3, 0.4) is 0 Å². The maximum atomic E-state index is 11.4. The SMILES string of the molecule is CCOC(=O)C=CC1CN(C(=O)O)C(C(C)(C)C)CO1. The van der Waals surface area contributed by atoms with E-state index in [1.54, 1.807) is 13.0 Å². The summed E-state index contributed by atoms with van der Waals surface area (Å²) in [7, 11) is 0. The third kappa shape index (κ3) is 4.52. The molecule has 2 unspecified atom stereocenters. The highest BCUT2D eigenvalue weighted by molar-refractivity contribution is 5.82. The predicted octanol–water partition coefficient (Wildman–Crippen LogP) is 1.90. The minimum absolute atomic E-state index is 0.200. The standard InChI is InChI=1S/C14H23NO5/c1-5-19-12(16)7-6-10-8-15(13(17)18)11(9-20-10)14(2,3)4/h6-7,10-11H,5,8-9H2,1-4H3,(H,17,18). The van der Waals surface area contributed by atoms with Gasteiger partial charge in [-0.15, -0.1) is 0 Å². The monoisotopic (exact) mass is 285 g/mol. The Morgan fingerprint density at radius 1 is 1.45 bits per heavy atom. The van der Waals surface area contributed by atoms with Crippen molar-refractivity contribution >= 4 is 12.1 Å². The molecular formula is C14H23NO5. The zero-order valence-electron chi connectivity index (χ0n) is 12.5. The zero-order valence-corrected chi connectivity index (χ0v) is 12.5. The molecule has 1 amide bonds. The van der Waals surface area contributed by atoms with Crippen LogP contribution in [0.2, 0.25) is 0 Å². The second-order valence-electron chi connectivity index (χ2n) is 5.80. The van der Waals surface area contributed by atoms with Crippen molar-refractivity contribution in [2.75, 3.05) is 19.8 Å². The van der Waals surface area contributed by atoms with Crippen LogP contribution in [-0.4, -0.2) is 54.0 Å². The fourth-order valence-electron chi connectivity index (χ4n) is 2.10. The summed E-state index contributed by atoms with van der Waals surface area (Å²) >= 11 is 0. The number of carbonyl (C=O) groups is 2. The molecule has 1 heterocycles. The Labute approximate surface area is 119 Å². The highest BCUT2D eigenvalue weighted by Gasteiger charge is 2.38. The van der Waals surface area contributed by atoms with Crippen molar-refractivity contribution in [1.29, 1.82) is 0 Å². The molecule has 0 aromatic rings. The molecule has 1 aliphatic heterocycles. The van der Waals surface area contributed by atoms with Crippen molar-refractivity contribution in [3.05, 3.63) is 12.2 Å². The number of hydrogen-bond donors (Lipinski definition) is 1. The summed E-state index contributed by atoms with van der Waals surface area (Å²) < 4.78 is 10.4. The first kappa shape index (κ1) is 16.5. The Morgan fingerprint density at radius 3 is 2.60 bits per heavy atom. The molecule has 0 bridgehead atoms. The largest absolute Gasteiger partial charge is 0.465 e. The second kappa shape index (κ2) is 6.74. The summed E-state index contributed by atoms with van der Waals surface area (Å²) in [6.07, 6.45) is 1.44. The van der Waals surface area contributed by atoms with Crippen molar-refractivity contribution < 1.29 is 24.2 Å². The van der Waals surface area contributed by atoms with E-state index < -0.39 is 18.2 Å². The molecule has 1 fully saturated rings. The van der Waals surface area contributed by atoms with Crippen LogP contribution in [0.5, 0.6) is 0 Å². The summed E-state index contributed by atoms with van der Waals surface area (Å²) in [4.78, 5) is 24.0. The molecule has 1 saturated heterocycles. The third-order valence-corrected chi connectivity index (χ3v) is 3.20. The quantitative estimate of drug-likeness (QED) is 0.633. The van der Waals surface area contributed by atoms with E-state index in [1.807, 2.05) is 20.8 Å². The fourth-order valence-corrected chi connectivity index (χ4v) is 2.10. The molecule has 1 aliphatic rings. The van der Waals surface area contributed by atoms with Crippen molar-refractivity contribution in [1.82, 2.24) is 4.90 Å². The van der Waals surface area contributed by atoms with Crippen LogP contribution in [0.1, 0.15) is 27.7 Å². The van der Waals surface area contributed by atoms with E-state index >= 15 is 0 Å². The van der Waals surface area contributed by atoms with Gasteiger partial charge in [-0.3, -0.25) is 4.90 Å². The maximum Gasteiger partial charge on any atom is 0.407 e. The highest BCUT2D eigenvalue weighted by atomic mass is 16.5. The Kier molecular flexibility index (Phi) is 5.56. The first-order valence-electron chi connectivity index (χ1n) is 6.71. The van der Waals surface area contributed by atoms with E-state index in [-0.39, 0.29) is 18.0 Å². The van der Waals surface area contributed by atoms with E-state index in [1.165, 1.54) is 11.0 Å². The summed E-state index contributed by atoms with van der Waals surface area (Å²) in [6, 6.07) is -0.202. The number of ether oxygens (including phenoxy) is 2. The number of carboxylic acid groups (broad SMARTS) is 1. The molecule has 6 heteroatoms. The van der Waals surface area contributed by atoms with Crippen LogP contribution in [0.4, 0.5) is 4.79 Å². The van der Waals surface area contributed by atoms with Crippen LogP contribution in [0.15, 0.2) is 12.2 Å². The van der Waals surface area contributed by atoms with Gasteiger partial charge in [-0.25, -0.2) is 9.59 Å². The molecule has 0 aromatic carbocycles. The molecule has 0 saturated carbocycles. The third-order valence-electron chi connectivity index (χ3n) is 3.20. The topological polar surface area (TPSA) is 76.1 Å². The van der Waals surface area contributed by atoms with E-state index in [2.05, 4.69) is 0 Å². The number of amides is 1. The predicted molar refractivity (Wildman–Crippen MR) is 73.5 cm³/mol. The first-order chi connectivity index (χ1) is 9.25. The lowest BCUT2D eigenvalue weighted by Crippen LogP contribution is -2.56. The second-order valence-corrected chi connectivity index (χ2v) is 5.80. The highest BCUT2D eigenvalue weighted by Crippen LogP contribution is 2.28. The first-order valence-corrected chi connectivity index (χ1v) is 6.71.